The number of methoxy groups -OCH3 is 1. The molecule has 0 bridgehead atoms. The van der Waals surface area contributed by atoms with Crippen LogP contribution in [0.2, 0.25) is 0 Å². The van der Waals surface area contributed by atoms with E-state index in [9.17, 15) is 18.4 Å². The van der Waals surface area contributed by atoms with Crippen molar-refractivity contribution < 1.29 is 23.1 Å². The second-order valence-electron chi connectivity index (χ2n) is 2.80. The summed E-state index contributed by atoms with van der Waals surface area (Å²) in [4.78, 5) is 21.8. The molecule has 0 atom stereocenters. The summed E-state index contributed by atoms with van der Waals surface area (Å²) in [6.07, 6.45) is -0.504. The zero-order valence-corrected chi connectivity index (χ0v) is 7.92. The van der Waals surface area contributed by atoms with E-state index in [-0.39, 0.29) is 5.56 Å². The van der Waals surface area contributed by atoms with Gasteiger partial charge in [0.15, 0.2) is 11.6 Å². The summed E-state index contributed by atoms with van der Waals surface area (Å²) in [7, 11) is 1.04. The van der Waals surface area contributed by atoms with Crippen LogP contribution in [0.3, 0.4) is 0 Å². The van der Waals surface area contributed by atoms with E-state index in [1.165, 1.54) is 12.1 Å². The van der Waals surface area contributed by atoms with Crippen LogP contribution in [0, 0.1) is 11.6 Å². The molecule has 0 aromatic heterocycles. The van der Waals surface area contributed by atoms with Gasteiger partial charge in [-0.05, 0) is 11.6 Å². The molecule has 0 saturated carbocycles. The molecular weight excluding hydrogens is 206 g/mol. The van der Waals surface area contributed by atoms with E-state index in [0.717, 1.165) is 13.2 Å². The second kappa shape index (κ2) is 4.63. The second-order valence-corrected chi connectivity index (χ2v) is 2.80. The Morgan fingerprint density at radius 1 is 1.33 bits per heavy atom. The van der Waals surface area contributed by atoms with Gasteiger partial charge in [-0.3, -0.25) is 4.79 Å². The lowest BCUT2D eigenvalue weighted by molar-refractivity contribution is -0.151. The number of rotatable bonds is 3. The molecule has 0 aliphatic carbocycles. The third-order valence-electron chi connectivity index (χ3n) is 1.80. The van der Waals surface area contributed by atoms with Crippen LogP contribution in [-0.4, -0.2) is 18.9 Å². The van der Waals surface area contributed by atoms with Gasteiger partial charge >= 0.3 is 5.97 Å². The van der Waals surface area contributed by atoms with Crippen LogP contribution in [0.15, 0.2) is 18.2 Å². The van der Waals surface area contributed by atoms with Crippen molar-refractivity contribution in [2.45, 2.75) is 6.42 Å². The van der Waals surface area contributed by atoms with E-state index in [1.807, 2.05) is 0 Å². The van der Waals surface area contributed by atoms with Gasteiger partial charge in [0.1, 0.15) is 0 Å². The van der Waals surface area contributed by atoms with E-state index < -0.39 is 29.8 Å². The molecule has 1 aromatic rings. The van der Waals surface area contributed by atoms with Gasteiger partial charge in [-0.2, -0.15) is 0 Å². The molecule has 0 radical (unpaired) electrons. The lowest BCUT2D eigenvalue weighted by Gasteiger charge is -2.01. The van der Waals surface area contributed by atoms with Crippen molar-refractivity contribution in [2.24, 2.45) is 0 Å². The lowest BCUT2D eigenvalue weighted by atomic mass is 10.1. The first kappa shape index (κ1) is 11.3. The Bertz CT molecular complexity index is 402. The standard InChI is InChI=1S/C10H8F2O3/c1-15-10(14)8(13)5-6-3-2-4-7(11)9(6)12/h2-4H,5H2,1H3. The number of ether oxygens (including phenoxy) is 1. The fourth-order valence-corrected chi connectivity index (χ4v) is 1.04. The molecule has 80 valence electrons. The van der Waals surface area contributed by atoms with Crippen LogP contribution in [0.4, 0.5) is 8.78 Å². The molecule has 1 rings (SSSR count). The first-order chi connectivity index (χ1) is 7.06. The molecule has 0 aliphatic rings. The molecule has 0 N–H and O–H groups in total. The van der Waals surface area contributed by atoms with Gasteiger partial charge in [0, 0.05) is 6.42 Å². The minimum absolute atomic E-state index is 0.162. The van der Waals surface area contributed by atoms with E-state index in [4.69, 9.17) is 0 Å². The molecule has 3 nitrogen and oxygen atoms in total. The average Bonchev–Trinajstić information content (AvgIpc) is 2.23. The van der Waals surface area contributed by atoms with Gasteiger partial charge in [0.25, 0.3) is 0 Å². The Morgan fingerprint density at radius 2 is 2.00 bits per heavy atom. The summed E-state index contributed by atoms with van der Waals surface area (Å²) in [6, 6.07) is 3.43. The molecule has 5 heteroatoms. The third-order valence-corrected chi connectivity index (χ3v) is 1.80. The molecular formula is C10H8F2O3. The van der Waals surface area contributed by atoms with E-state index in [1.54, 1.807) is 0 Å². The lowest BCUT2D eigenvalue weighted by Crippen LogP contribution is -2.18. The van der Waals surface area contributed by atoms with Crippen LogP contribution in [-0.2, 0) is 20.7 Å². The molecule has 15 heavy (non-hydrogen) atoms. The zero-order chi connectivity index (χ0) is 11.4. The van der Waals surface area contributed by atoms with Crippen LogP contribution in [0.5, 0.6) is 0 Å². The van der Waals surface area contributed by atoms with Crippen LogP contribution in [0.1, 0.15) is 5.56 Å². The molecule has 0 heterocycles. The van der Waals surface area contributed by atoms with Gasteiger partial charge < -0.3 is 4.74 Å². The topological polar surface area (TPSA) is 43.4 Å². The number of carbonyl (C=O) groups is 2. The number of hydrogen-bond acceptors (Lipinski definition) is 3. The van der Waals surface area contributed by atoms with Crippen LogP contribution in [0.25, 0.3) is 0 Å². The largest absolute Gasteiger partial charge is 0.463 e. The van der Waals surface area contributed by atoms with Crippen LogP contribution >= 0.6 is 0 Å². The summed E-state index contributed by atoms with van der Waals surface area (Å²) in [6.45, 7) is 0. The van der Waals surface area contributed by atoms with Crippen LogP contribution < -0.4 is 0 Å². The molecule has 0 spiro atoms. The maximum Gasteiger partial charge on any atom is 0.374 e. The molecule has 0 unspecified atom stereocenters. The van der Waals surface area contributed by atoms with Crippen molar-refractivity contribution in [2.75, 3.05) is 7.11 Å². The van der Waals surface area contributed by atoms with Gasteiger partial charge in [-0.15, -0.1) is 0 Å². The van der Waals surface area contributed by atoms with Crippen molar-refractivity contribution in [3.8, 4) is 0 Å². The van der Waals surface area contributed by atoms with Gasteiger partial charge in [-0.1, -0.05) is 12.1 Å². The predicted octanol–water partition coefficient (Wildman–Crippen LogP) is 1.25. The molecule has 0 amide bonds. The fraction of sp³-hybridized carbons (Fsp3) is 0.200. The van der Waals surface area contributed by atoms with Crippen molar-refractivity contribution in [3.63, 3.8) is 0 Å². The first-order valence-electron chi connectivity index (χ1n) is 4.10. The SMILES string of the molecule is COC(=O)C(=O)Cc1cccc(F)c1F. The van der Waals surface area contributed by atoms with Gasteiger partial charge in [0.2, 0.25) is 5.78 Å². The number of hydrogen-bond donors (Lipinski definition) is 0. The minimum atomic E-state index is -1.12. The maximum atomic E-state index is 13.1. The van der Waals surface area contributed by atoms with Crippen molar-refractivity contribution in [1.29, 1.82) is 0 Å². The monoisotopic (exact) mass is 214 g/mol. The Hall–Kier alpha value is -1.78. The number of Topliss-reactive ketones (excluding diaryl/α,β-unsaturated/α-hetero) is 1. The Balaban J connectivity index is 2.86. The zero-order valence-electron chi connectivity index (χ0n) is 7.92. The number of carbonyl (C=O) groups excluding carboxylic acids is 2. The Kier molecular flexibility index (Phi) is 3.49. The number of halogens is 2. The third kappa shape index (κ3) is 2.59. The quantitative estimate of drug-likeness (QED) is 0.561. The summed E-state index contributed by atoms with van der Waals surface area (Å²) >= 11 is 0. The number of ketones is 1. The highest BCUT2D eigenvalue weighted by molar-refractivity contribution is 6.34. The summed E-state index contributed by atoms with van der Waals surface area (Å²) in [5, 5.41) is 0. The number of benzene rings is 1. The molecule has 0 saturated heterocycles. The maximum absolute atomic E-state index is 13.1. The average molecular weight is 214 g/mol. The molecule has 1 aromatic carbocycles. The minimum Gasteiger partial charge on any atom is -0.463 e. The van der Waals surface area contributed by atoms with Gasteiger partial charge in [0.05, 0.1) is 7.11 Å². The van der Waals surface area contributed by atoms with Gasteiger partial charge in [-0.25, -0.2) is 13.6 Å². The predicted molar refractivity (Wildman–Crippen MR) is 47.1 cm³/mol. The van der Waals surface area contributed by atoms with Crippen molar-refractivity contribution in [1.82, 2.24) is 0 Å². The highest BCUT2D eigenvalue weighted by atomic mass is 19.2. The summed E-state index contributed by atoms with van der Waals surface area (Å²) < 4.78 is 29.9. The highest BCUT2D eigenvalue weighted by Gasteiger charge is 2.17. The highest BCUT2D eigenvalue weighted by Crippen LogP contribution is 2.12. The van der Waals surface area contributed by atoms with E-state index >= 15 is 0 Å². The molecule has 0 fully saturated rings. The normalized spacial score (nSPS) is 9.80. The van der Waals surface area contributed by atoms with E-state index in [2.05, 4.69) is 4.74 Å². The fourth-order valence-electron chi connectivity index (χ4n) is 1.04. The Labute approximate surface area is 84.7 Å². The first-order valence-corrected chi connectivity index (χ1v) is 4.10. The van der Waals surface area contributed by atoms with Crippen molar-refractivity contribution in [3.05, 3.63) is 35.4 Å². The molecule has 0 aliphatic heterocycles. The van der Waals surface area contributed by atoms with E-state index in [0.29, 0.717) is 0 Å². The Morgan fingerprint density at radius 3 is 2.60 bits per heavy atom. The number of esters is 1. The smallest absolute Gasteiger partial charge is 0.374 e. The summed E-state index contributed by atoms with van der Waals surface area (Å²) in [5.41, 5.74) is -0.162. The van der Waals surface area contributed by atoms with Crippen molar-refractivity contribution >= 4 is 11.8 Å². The summed E-state index contributed by atoms with van der Waals surface area (Å²) in [5.74, 6) is -4.15.